The zero-order chi connectivity index (χ0) is 16.2. The molecule has 0 unspecified atom stereocenters. The van der Waals surface area contributed by atoms with Crippen molar-refractivity contribution in [2.75, 3.05) is 20.3 Å². The average Bonchev–Trinajstić information content (AvgIpc) is 2.92. The highest BCUT2D eigenvalue weighted by Gasteiger charge is 2.32. The van der Waals surface area contributed by atoms with Gasteiger partial charge in [-0.3, -0.25) is 0 Å². The molecule has 0 aromatic heterocycles. The summed E-state index contributed by atoms with van der Waals surface area (Å²) >= 11 is 0. The van der Waals surface area contributed by atoms with Gasteiger partial charge in [0.1, 0.15) is 12.2 Å². The van der Waals surface area contributed by atoms with E-state index in [0.717, 1.165) is 19.4 Å². The average molecular weight is 307 g/mol. The van der Waals surface area contributed by atoms with E-state index in [-0.39, 0.29) is 12.1 Å². The smallest absolute Gasteiger partial charge is 0.410 e. The van der Waals surface area contributed by atoms with Gasteiger partial charge in [-0.1, -0.05) is 12.1 Å². The first-order valence-corrected chi connectivity index (χ1v) is 7.66. The molecule has 0 spiro atoms. The van der Waals surface area contributed by atoms with Crippen LogP contribution >= 0.6 is 0 Å². The third kappa shape index (κ3) is 4.29. The van der Waals surface area contributed by atoms with E-state index in [1.807, 2.05) is 45.0 Å². The number of ether oxygens (including phenoxy) is 3. The molecule has 0 N–H and O–H groups in total. The Kier molecular flexibility index (Phi) is 5.16. The number of amides is 1. The summed E-state index contributed by atoms with van der Waals surface area (Å²) in [5.74, 6) is 1.39. The van der Waals surface area contributed by atoms with Crippen LogP contribution in [0.3, 0.4) is 0 Å². The van der Waals surface area contributed by atoms with Crippen molar-refractivity contribution in [3.05, 3.63) is 24.3 Å². The van der Waals surface area contributed by atoms with Crippen molar-refractivity contribution in [1.29, 1.82) is 0 Å². The minimum absolute atomic E-state index is 0.0414. The minimum atomic E-state index is -0.478. The molecule has 1 aliphatic rings. The lowest BCUT2D eigenvalue weighted by Crippen LogP contribution is -2.42. The number of hydrogen-bond donors (Lipinski definition) is 0. The zero-order valence-corrected chi connectivity index (χ0v) is 13.8. The van der Waals surface area contributed by atoms with E-state index in [1.165, 1.54) is 0 Å². The molecule has 1 atom stereocenters. The second kappa shape index (κ2) is 6.90. The number of methoxy groups -OCH3 is 1. The maximum atomic E-state index is 12.2. The summed E-state index contributed by atoms with van der Waals surface area (Å²) in [7, 11) is 1.62. The van der Waals surface area contributed by atoms with Gasteiger partial charge in [0.05, 0.1) is 13.2 Å². The number of nitrogens with zero attached hydrogens (tertiary/aromatic N) is 1. The molecule has 122 valence electrons. The fraction of sp³-hybridized carbons (Fsp3) is 0.588. The van der Waals surface area contributed by atoms with Gasteiger partial charge in [-0.05, 0) is 45.7 Å². The highest BCUT2D eigenvalue weighted by atomic mass is 16.6. The molecule has 5 heteroatoms. The molecular formula is C17H25NO4. The third-order valence-corrected chi connectivity index (χ3v) is 3.51. The van der Waals surface area contributed by atoms with E-state index >= 15 is 0 Å². The molecule has 5 nitrogen and oxygen atoms in total. The first-order chi connectivity index (χ1) is 10.4. The van der Waals surface area contributed by atoms with Gasteiger partial charge in [-0.15, -0.1) is 0 Å². The maximum absolute atomic E-state index is 12.2. The van der Waals surface area contributed by atoms with Crippen molar-refractivity contribution in [2.24, 2.45) is 0 Å². The predicted molar refractivity (Wildman–Crippen MR) is 84.5 cm³/mol. The monoisotopic (exact) mass is 307 g/mol. The third-order valence-electron chi connectivity index (χ3n) is 3.51. The van der Waals surface area contributed by atoms with Crippen LogP contribution in [-0.4, -0.2) is 42.9 Å². The van der Waals surface area contributed by atoms with Gasteiger partial charge in [-0.25, -0.2) is 4.79 Å². The summed E-state index contributed by atoms with van der Waals surface area (Å²) in [6, 6.07) is 7.56. The second-order valence-electron chi connectivity index (χ2n) is 6.43. The highest BCUT2D eigenvalue weighted by Crippen LogP contribution is 2.27. The molecule has 0 radical (unpaired) electrons. The summed E-state index contributed by atoms with van der Waals surface area (Å²) < 4.78 is 16.6. The van der Waals surface area contributed by atoms with Gasteiger partial charge in [0, 0.05) is 6.54 Å². The number of rotatable bonds is 4. The van der Waals surface area contributed by atoms with Crippen LogP contribution in [0.2, 0.25) is 0 Å². The lowest BCUT2D eigenvalue weighted by Gasteiger charge is -2.28. The van der Waals surface area contributed by atoms with Crippen LogP contribution in [0.5, 0.6) is 11.5 Å². The standard InChI is InChI=1S/C17H25NO4/c1-17(2,3)22-16(19)18-11-7-8-13(18)12-21-15-10-6-5-9-14(15)20-4/h5-6,9-10,13H,7-8,11-12H2,1-4H3/t13-/m0/s1. The zero-order valence-electron chi connectivity index (χ0n) is 13.8. The highest BCUT2D eigenvalue weighted by molar-refractivity contribution is 5.69. The minimum Gasteiger partial charge on any atom is -0.493 e. The molecule has 0 bridgehead atoms. The van der Waals surface area contributed by atoms with Crippen molar-refractivity contribution in [3.63, 3.8) is 0 Å². The molecule has 1 amide bonds. The van der Waals surface area contributed by atoms with Gasteiger partial charge in [0.15, 0.2) is 11.5 Å². The van der Waals surface area contributed by atoms with Gasteiger partial charge in [-0.2, -0.15) is 0 Å². The Morgan fingerprint density at radius 1 is 1.27 bits per heavy atom. The van der Waals surface area contributed by atoms with Crippen molar-refractivity contribution in [3.8, 4) is 11.5 Å². The van der Waals surface area contributed by atoms with Gasteiger partial charge < -0.3 is 19.1 Å². The van der Waals surface area contributed by atoms with Crippen molar-refractivity contribution < 1.29 is 19.0 Å². The van der Waals surface area contributed by atoms with Crippen LogP contribution in [0.25, 0.3) is 0 Å². The van der Waals surface area contributed by atoms with Crippen LogP contribution in [0.15, 0.2) is 24.3 Å². The first kappa shape index (κ1) is 16.5. The van der Waals surface area contributed by atoms with E-state index in [2.05, 4.69) is 0 Å². The van der Waals surface area contributed by atoms with Gasteiger partial charge in [0.2, 0.25) is 0 Å². The van der Waals surface area contributed by atoms with Crippen molar-refractivity contribution in [2.45, 2.75) is 45.3 Å². The van der Waals surface area contributed by atoms with E-state index in [9.17, 15) is 4.79 Å². The van der Waals surface area contributed by atoms with E-state index in [1.54, 1.807) is 12.0 Å². The Bertz CT molecular complexity index is 510. The summed E-state index contributed by atoms with van der Waals surface area (Å²) in [4.78, 5) is 14.0. The van der Waals surface area contributed by atoms with Crippen molar-refractivity contribution in [1.82, 2.24) is 4.90 Å². The summed E-state index contributed by atoms with van der Waals surface area (Å²) in [6.45, 7) is 6.79. The Labute approximate surface area is 132 Å². The molecule has 1 saturated heterocycles. The molecule has 1 fully saturated rings. The Hall–Kier alpha value is -1.91. The Morgan fingerprint density at radius 2 is 1.95 bits per heavy atom. The number of likely N-dealkylation sites (tertiary alicyclic amines) is 1. The number of hydrogen-bond acceptors (Lipinski definition) is 4. The largest absolute Gasteiger partial charge is 0.493 e. The fourth-order valence-corrected chi connectivity index (χ4v) is 2.49. The van der Waals surface area contributed by atoms with Crippen LogP contribution < -0.4 is 9.47 Å². The number of benzene rings is 1. The summed E-state index contributed by atoms with van der Waals surface area (Å²) in [5, 5.41) is 0. The van der Waals surface area contributed by atoms with Crippen LogP contribution in [0.4, 0.5) is 4.79 Å². The molecule has 0 saturated carbocycles. The summed E-state index contributed by atoms with van der Waals surface area (Å²) in [6.07, 6.45) is 1.63. The summed E-state index contributed by atoms with van der Waals surface area (Å²) in [5.41, 5.74) is -0.478. The van der Waals surface area contributed by atoms with Crippen LogP contribution in [-0.2, 0) is 4.74 Å². The Balaban J connectivity index is 1.95. The second-order valence-corrected chi connectivity index (χ2v) is 6.43. The van der Waals surface area contributed by atoms with Crippen LogP contribution in [0, 0.1) is 0 Å². The number of carbonyl (C=O) groups is 1. The predicted octanol–water partition coefficient (Wildman–Crippen LogP) is 3.47. The molecule has 0 aliphatic carbocycles. The maximum Gasteiger partial charge on any atom is 0.410 e. The Morgan fingerprint density at radius 3 is 2.59 bits per heavy atom. The van der Waals surface area contributed by atoms with Crippen molar-refractivity contribution >= 4 is 6.09 Å². The molecular weight excluding hydrogens is 282 g/mol. The van der Waals surface area contributed by atoms with Gasteiger partial charge >= 0.3 is 6.09 Å². The molecule has 1 aliphatic heterocycles. The fourth-order valence-electron chi connectivity index (χ4n) is 2.49. The molecule has 1 aromatic rings. The SMILES string of the molecule is COc1ccccc1OC[C@@H]1CCCN1C(=O)OC(C)(C)C. The number of carbonyl (C=O) groups excluding carboxylic acids is 1. The van der Waals surface area contributed by atoms with Crippen LogP contribution in [0.1, 0.15) is 33.6 Å². The molecule has 22 heavy (non-hydrogen) atoms. The normalized spacial score (nSPS) is 18.2. The molecule has 1 aromatic carbocycles. The molecule has 1 heterocycles. The topological polar surface area (TPSA) is 48.0 Å². The molecule has 2 rings (SSSR count). The van der Waals surface area contributed by atoms with E-state index in [4.69, 9.17) is 14.2 Å². The van der Waals surface area contributed by atoms with Gasteiger partial charge in [0.25, 0.3) is 0 Å². The van der Waals surface area contributed by atoms with E-state index < -0.39 is 5.60 Å². The lowest BCUT2D eigenvalue weighted by molar-refractivity contribution is 0.0187. The van der Waals surface area contributed by atoms with E-state index in [0.29, 0.717) is 18.1 Å². The lowest BCUT2D eigenvalue weighted by atomic mass is 10.2. The first-order valence-electron chi connectivity index (χ1n) is 7.66. The number of para-hydroxylation sites is 2. The quantitative estimate of drug-likeness (QED) is 0.854.